The summed E-state index contributed by atoms with van der Waals surface area (Å²) in [4.78, 5) is 36.2. The lowest BCUT2D eigenvalue weighted by Gasteiger charge is -2.25. The molecule has 4 rings (SSSR count). The van der Waals surface area contributed by atoms with Gasteiger partial charge in [-0.1, -0.05) is 56.5 Å². The first-order valence-electron chi connectivity index (χ1n) is 17.0. The number of hydrogen-bond donors (Lipinski definition) is 5. The van der Waals surface area contributed by atoms with Crippen LogP contribution in [0.4, 0.5) is 4.39 Å². The molecule has 8 nitrogen and oxygen atoms in total. The van der Waals surface area contributed by atoms with Gasteiger partial charge in [0.25, 0.3) is 11.8 Å². The third kappa shape index (κ3) is 14.8. The molecule has 4 atom stereocenters. The van der Waals surface area contributed by atoms with Gasteiger partial charge >= 0.3 is 0 Å². The van der Waals surface area contributed by atoms with Crippen molar-refractivity contribution in [1.82, 2.24) is 26.6 Å². The van der Waals surface area contributed by atoms with E-state index in [9.17, 15) is 18.8 Å². The summed E-state index contributed by atoms with van der Waals surface area (Å²) in [6.07, 6.45) is 17.6. The third-order valence-corrected chi connectivity index (χ3v) is 8.85. The van der Waals surface area contributed by atoms with Crippen LogP contribution < -0.4 is 26.6 Å². The van der Waals surface area contributed by atoms with Crippen molar-refractivity contribution in [3.05, 3.63) is 58.4 Å². The number of allylic oxidation sites excluding steroid dienone is 2. The largest absolute Gasteiger partial charge is 0.350 e. The van der Waals surface area contributed by atoms with Crippen molar-refractivity contribution in [1.29, 1.82) is 0 Å². The first-order valence-corrected chi connectivity index (χ1v) is 17.3. The Hall–Kier alpha value is -2.75. The molecular weight excluding hydrogens is 605 g/mol. The maximum atomic E-state index is 13.4. The van der Waals surface area contributed by atoms with Crippen LogP contribution in [0.2, 0.25) is 5.02 Å². The highest BCUT2D eigenvalue weighted by Gasteiger charge is 2.28. The predicted octanol–water partition coefficient (Wildman–Crippen LogP) is 6.21. The quantitative estimate of drug-likeness (QED) is 0.194. The predicted molar refractivity (Wildman–Crippen MR) is 186 cm³/mol. The highest BCUT2D eigenvalue weighted by Crippen LogP contribution is 2.29. The Morgan fingerprint density at radius 1 is 0.913 bits per heavy atom. The van der Waals surface area contributed by atoms with E-state index < -0.39 is 5.82 Å². The second-order valence-corrected chi connectivity index (χ2v) is 13.7. The van der Waals surface area contributed by atoms with Crippen LogP contribution in [0.5, 0.6) is 0 Å². The standard InChI is InChI=1S/C19H27ClFN3O2.C15H23NO.C2H7N/c1-4-19(2,3)24-17(25)11-22-15-5-6-16(10-15)23-18(26)12-7-13(20)9-14(21)8-12;1-2-6-12-9-10-14(11-12)16-15(17)13-7-4-3-5-8-13;1-3-2/h7-9,15-16,22H,4-6,10-11H2,1-3H3,(H,23,26)(H,24,25);4,7-8,12,14H,2-3,5-6,9-11H2,1H3,(H,16,17);3H,1-2H3/t15-,16-;12-,14-;/m10./s1. The van der Waals surface area contributed by atoms with Crippen LogP contribution in [-0.2, 0) is 9.59 Å². The summed E-state index contributed by atoms with van der Waals surface area (Å²) < 4.78 is 13.4. The number of benzene rings is 1. The average molecular weight is 662 g/mol. The first kappa shape index (κ1) is 39.4. The number of nitrogens with one attached hydrogen (secondary N) is 5. The van der Waals surface area contributed by atoms with E-state index >= 15 is 0 Å². The Morgan fingerprint density at radius 3 is 2.20 bits per heavy atom. The molecule has 0 aromatic heterocycles. The van der Waals surface area contributed by atoms with Gasteiger partial charge in [0.2, 0.25) is 5.91 Å². The number of hydrogen-bond acceptors (Lipinski definition) is 5. The molecule has 1 aromatic carbocycles. The lowest BCUT2D eigenvalue weighted by atomic mass is 10.0. The Kier molecular flexibility index (Phi) is 17.6. The molecule has 0 aliphatic heterocycles. The summed E-state index contributed by atoms with van der Waals surface area (Å²) >= 11 is 5.79. The second-order valence-electron chi connectivity index (χ2n) is 13.3. The number of amides is 3. The summed E-state index contributed by atoms with van der Waals surface area (Å²) in [5.41, 5.74) is 0.861. The van der Waals surface area contributed by atoms with E-state index in [1.807, 2.05) is 47.0 Å². The molecule has 46 heavy (non-hydrogen) atoms. The van der Waals surface area contributed by atoms with Crippen LogP contribution in [-0.4, -0.2) is 62.0 Å². The van der Waals surface area contributed by atoms with Gasteiger partial charge in [-0.3, -0.25) is 14.4 Å². The molecule has 10 heteroatoms. The summed E-state index contributed by atoms with van der Waals surface area (Å²) in [6, 6.07) is 4.37. The number of rotatable bonds is 11. The molecule has 5 N–H and O–H groups in total. The molecule has 0 unspecified atom stereocenters. The van der Waals surface area contributed by atoms with Crippen molar-refractivity contribution < 1.29 is 18.8 Å². The van der Waals surface area contributed by atoms with Crippen molar-refractivity contribution in [3.63, 3.8) is 0 Å². The molecule has 3 aliphatic carbocycles. The monoisotopic (exact) mass is 661 g/mol. The minimum atomic E-state index is -0.533. The van der Waals surface area contributed by atoms with Gasteiger partial charge in [-0.15, -0.1) is 0 Å². The van der Waals surface area contributed by atoms with Gasteiger partial charge in [0.15, 0.2) is 0 Å². The molecule has 2 saturated carbocycles. The van der Waals surface area contributed by atoms with Gasteiger partial charge in [-0.2, -0.15) is 0 Å². The highest BCUT2D eigenvalue weighted by molar-refractivity contribution is 6.31. The fraction of sp³-hybridized carbons (Fsp3) is 0.639. The number of halogens is 2. The molecule has 0 radical (unpaired) electrons. The highest BCUT2D eigenvalue weighted by atomic mass is 35.5. The fourth-order valence-corrected chi connectivity index (χ4v) is 6.15. The minimum absolute atomic E-state index is 0.00260. The van der Waals surface area contributed by atoms with Gasteiger partial charge in [-0.25, -0.2) is 4.39 Å². The molecule has 0 heterocycles. The van der Waals surface area contributed by atoms with Crippen molar-refractivity contribution in [3.8, 4) is 0 Å². The maximum absolute atomic E-state index is 13.4. The lowest BCUT2D eigenvalue weighted by molar-refractivity contribution is -0.122. The molecular formula is C36H57ClFN5O3. The summed E-state index contributed by atoms with van der Waals surface area (Å²) in [6.45, 7) is 8.51. The van der Waals surface area contributed by atoms with E-state index in [0.29, 0.717) is 6.04 Å². The zero-order valence-corrected chi connectivity index (χ0v) is 29.5. The van der Waals surface area contributed by atoms with Gasteiger partial charge in [0.05, 0.1) is 6.54 Å². The Morgan fingerprint density at radius 2 is 1.57 bits per heavy atom. The summed E-state index contributed by atoms with van der Waals surface area (Å²) in [5.74, 6) is 0.0668. The van der Waals surface area contributed by atoms with Crippen molar-refractivity contribution in [2.45, 2.75) is 122 Å². The van der Waals surface area contributed by atoms with Crippen LogP contribution >= 0.6 is 11.6 Å². The zero-order valence-electron chi connectivity index (χ0n) is 28.7. The zero-order chi connectivity index (χ0) is 34.1. The van der Waals surface area contributed by atoms with E-state index in [0.717, 1.165) is 56.4 Å². The molecule has 3 amide bonds. The van der Waals surface area contributed by atoms with Gasteiger partial charge in [0.1, 0.15) is 5.82 Å². The molecule has 258 valence electrons. The van der Waals surface area contributed by atoms with Crippen LogP contribution in [0.15, 0.2) is 42.0 Å². The van der Waals surface area contributed by atoms with E-state index in [1.165, 1.54) is 43.9 Å². The molecule has 0 spiro atoms. The Balaban J connectivity index is 0.000000316. The number of carbonyl (C=O) groups is 3. The summed E-state index contributed by atoms with van der Waals surface area (Å²) in [5, 5.41) is 15.3. The second kappa shape index (κ2) is 20.5. The SMILES string of the molecule is CCC(C)(C)NC(=O)CN[C@@H]1CC[C@@H](NC(=O)c2cc(F)cc(Cl)c2)C1.CCC[C@H]1CC[C@H](NC(=O)C2=CCCC=C2)C1.CNC. The Bertz CT molecular complexity index is 1170. The van der Waals surface area contributed by atoms with Gasteiger partial charge < -0.3 is 26.6 Å². The van der Waals surface area contributed by atoms with Crippen LogP contribution in [0, 0.1) is 11.7 Å². The topological polar surface area (TPSA) is 111 Å². The average Bonchev–Trinajstić information content (AvgIpc) is 3.66. The number of carbonyl (C=O) groups excluding carboxylic acids is 3. The third-order valence-electron chi connectivity index (χ3n) is 8.64. The molecule has 3 aliphatic rings. The smallest absolute Gasteiger partial charge is 0.251 e. The van der Waals surface area contributed by atoms with Crippen LogP contribution in [0.25, 0.3) is 0 Å². The molecule has 0 bridgehead atoms. The normalized spacial score (nSPS) is 22.0. The lowest BCUT2D eigenvalue weighted by Crippen LogP contribution is -2.47. The maximum Gasteiger partial charge on any atom is 0.251 e. The van der Waals surface area contributed by atoms with Crippen LogP contribution in [0.1, 0.15) is 109 Å². The van der Waals surface area contributed by atoms with E-state index in [4.69, 9.17) is 11.6 Å². The molecule has 1 aromatic rings. The van der Waals surface area contributed by atoms with Gasteiger partial charge in [-0.05, 0) is 110 Å². The molecule has 0 saturated heterocycles. The van der Waals surface area contributed by atoms with Crippen molar-refractivity contribution in [2.75, 3.05) is 20.6 Å². The van der Waals surface area contributed by atoms with Gasteiger partial charge in [0, 0.05) is 39.8 Å². The van der Waals surface area contributed by atoms with E-state index in [1.54, 1.807) is 0 Å². The first-order chi connectivity index (χ1) is 21.9. The fourth-order valence-electron chi connectivity index (χ4n) is 5.93. The minimum Gasteiger partial charge on any atom is -0.350 e. The van der Waals surface area contributed by atoms with E-state index in [-0.39, 0.29) is 52.5 Å². The van der Waals surface area contributed by atoms with Crippen LogP contribution in [0.3, 0.4) is 0 Å². The Labute approximate surface area is 281 Å². The van der Waals surface area contributed by atoms with Crippen molar-refractivity contribution >= 4 is 29.3 Å². The van der Waals surface area contributed by atoms with Crippen molar-refractivity contribution in [2.24, 2.45) is 5.92 Å². The van der Waals surface area contributed by atoms with E-state index in [2.05, 4.69) is 39.6 Å². The molecule has 2 fully saturated rings. The summed E-state index contributed by atoms with van der Waals surface area (Å²) in [7, 11) is 3.75.